The van der Waals surface area contributed by atoms with Gasteiger partial charge in [0.15, 0.2) is 117 Å². The van der Waals surface area contributed by atoms with Gasteiger partial charge in [0.1, 0.15) is 116 Å². The number of halogens is 32. The third-order valence-electron chi connectivity index (χ3n) is 23.9. The van der Waals surface area contributed by atoms with E-state index in [1.807, 2.05) is 0 Å². The summed E-state index contributed by atoms with van der Waals surface area (Å²) in [5.41, 5.74) is -11.0. The molecule has 696 valence electrons. The van der Waals surface area contributed by atoms with Gasteiger partial charge in [-0.2, -0.15) is 0 Å². The van der Waals surface area contributed by atoms with Crippen LogP contribution in [0.3, 0.4) is 0 Å². The summed E-state index contributed by atoms with van der Waals surface area (Å²) in [4.78, 5) is 0. The Morgan fingerprint density at radius 1 is 0.205 bits per heavy atom. The van der Waals surface area contributed by atoms with Crippen molar-refractivity contribution in [2.45, 2.75) is 130 Å². The highest BCUT2D eigenvalue weighted by atomic mass is 35.5. The number of alkyl halides is 2. The van der Waals surface area contributed by atoms with Gasteiger partial charge < -0.3 is 0 Å². The lowest BCUT2D eigenvalue weighted by atomic mass is 9.15. The highest BCUT2D eigenvalue weighted by Gasteiger charge is 2.76. The average Bonchev–Trinajstić information content (AvgIpc) is 1.46. The van der Waals surface area contributed by atoms with E-state index in [1.54, 1.807) is 41.5 Å². The Balaban J connectivity index is 0.000000235. The van der Waals surface area contributed by atoms with Gasteiger partial charge in [-0.1, -0.05) is 164 Å². The lowest BCUT2D eigenvalue weighted by Crippen LogP contribution is -2.73. The molecule has 0 saturated carbocycles. The molecule has 0 spiro atoms. The molecular formula is C96H72B2Cl2F30P2. The van der Waals surface area contributed by atoms with Crippen molar-refractivity contribution in [3.05, 3.63) is 371 Å². The molecule has 0 nitrogen and oxygen atoms in total. The second kappa shape index (κ2) is 37.8. The van der Waals surface area contributed by atoms with E-state index in [-0.39, 0.29) is 82.2 Å². The molecule has 0 fully saturated rings. The first kappa shape index (κ1) is 102. The third kappa shape index (κ3) is 15.7. The van der Waals surface area contributed by atoms with Crippen molar-refractivity contribution in [3.63, 3.8) is 0 Å². The molecule has 0 radical (unpaired) electrons. The van der Waals surface area contributed by atoms with Crippen LogP contribution in [0, 0.1) is 271 Å². The minimum atomic E-state index is -6.06. The van der Waals surface area contributed by atoms with Crippen molar-refractivity contribution in [2.75, 3.05) is 5.34 Å². The van der Waals surface area contributed by atoms with Crippen molar-refractivity contribution in [1.82, 2.24) is 0 Å². The monoisotopic (exact) mass is 1950 g/mol. The topological polar surface area (TPSA) is 0 Å². The van der Waals surface area contributed by atoms with Crippen LogP contribution in [0.4, 0.5) is 132 Å². The number of aryl methyl sites for hydroxylation is 14. The number of unbranched alkanes of at least 4 members (excludes halogenated alkanes) is 2. The molecule has 14 rings (SSSR count). The maximum Gasteiger partial charge on any atom is 0.200 e. The fourth-order valence-electron chi connectivity index (χ4n) is 19.6. The van der Waals surface area contributed by atoms with Crippen LogP contribution in [0.2, 0.25) is 0 Å². The van der Waals surface area contributed by atoms with E-state index in [1.165, 1.54) is 172 Å². The molecule has 0 saturated heterocycles. The molecular weight excluding hydrogens is 1880 g/mol. The Labute approximate surface area is 749 Å². The summed E-state index contributed by atoms with van der Waals surface area (Å²) < 4.78 is 485. The number of hydrogen-bond donors (Lipinski definition) is 0. The van der Waals surface area contributed by atoms with Crippen LogP contribution in [-0.4, -0.2) is 17.6 Å². The molecule has 12 aromatic rings. The Bertz CT molecular complexity index is 5770. The van der Waals surface area contributed by atoms with E-state index in [0.717, 1.165) is 0 Å². The third-order valence-corrected chi connectivity index (χ3v) is 34.0. The molecule has 2 aliphatic rings. The molecule has 0 aromatic heterocycles. The first-order valence-electron chi connectivity index (χ1n) is 40.0. The van der Waals surface area contributed by atoms with E-state index in [9.17, 15) is 0 Å². The van der Waals surface area contributed by atoms with Gasteiger partial charge in [0, 0.05) is 11.1 Å². The average molecular weight is 1950 g/mol. The van der Waals surface area contributed by atoms with E-state index < -0.39 is 255 Å². The Morgan fingerprint density at radius 3 is 0.455 bits per heavy atom. The van der Waals surface area contributed by atoms with Gasteiger partial charge >= 0.3 is 0 Å². The zero-order valence-corrected chi connectivity index (χ0v) is 75.5. The van der Waals surface area contributed by atoms with Crippen molar-refractivity contribution in [3.8, 4) is 0 Å². The van der Waals surface area contributed by atoms with Gasteiger partial charge in [-0.3, -0.25) is 0 Å². The normalized spacial score (nSPS) is 13.3. The van der Waals surface area contributed by atoms with Crippen molar-refractivity contribution >= 4 is 115 Å². The fourth-order valence-corrected chi connectivity index (χ4v) is 32.0. The first-order chi connectivity index (χ1) is 61.6. The highest BCUT2D eigenvalue weighted by molar-refractivity contribution is 8.12. The van der Waals surface area contributed by atoms with E-state index in [2.05, 4.69) is 13.8 Å². The van der Waals surface area contributed by atoms with Crippen LogP contribution in [0.25, 0.3) is 10.6 Å². The van der Waals surface area contributed by atoms with E-state index in [0.29, 0.717) is 33.4 Å². The van der Waals surface area contributed by atoms with Crippen molar-refractivity contribution < 1.29 is 132 Å². The first-order valence-corrected chi connectivity index (χ1v) is 44.6. The maximum absolute atomic E-state index is 17.1. The minimum absolute atomic E-state index is 0.0478. The lowest BCUT2D eigenvalue weighted by molar-refractivity contribution is 0.379. The highest BCUT2D eigenvalue weighted by Crippen LogP contribution is 2.92. The zero-order chi connectivity index (χ0) is 98.8. The Hall–Kier alpha value is -10.4. The molecule has 132 heavy (non-hydrogen) atoms. The molecule has 0 atom stereocenters. The molecule has 36 heteroatoms. The van der Waals surface area contributed by atoms with Gasteiger partial charge in [-0.15, -0.1) is 56.0 Å². The second-order valence-corrected chi connectivity index (χ2v) is 39.8. The van der Waals surface area contributed by atoms with Crippen LogP contribution < -0.4 is 54.0 Å². The number of rotatable bonds is 16. The minimum Gasteiger partial charge on any atom is -0.207 e. The summed E-state index contributed by atoms with van der Waals surface area (Å²) in [6.45, 7) is 25.9. The molecule has 2 heterocycles. The summed E-state index contributed by atoms with van der Waals surface area (Å²) in [6, 6.07) is 23.1. The van der Waals surface area contributed by atoms with Crippen molar-refractivity contribution in [2.24, 2.45) is 0 Å². The second-order valence-electron chi connectivity index (χ2n) is 32.6. The maximum atomic E-state index is 17.1. The molecule has 0 bridgehead atoms. The number of benzene rings is 12. The molecule has 2 aliphatic heterocycles. The van der Waals surface area contributed by atoms with Crippen LogP contribution in [0.5, 0.6) is 0 Å². The van der Waals surface area contributed by atoms with Gasteiger partial charge in [0.25, 0.3) is 0 Å². The standard InChI is InChI=1S/2C45H29BF15P.C5H12.CH2Cl2/c2*1-16-8-10-23(11-9-16)44-45(62(44,42-19(4)12-17(2)13-20(42)5)43-21(6)14-18(3)15-22(43)7)46(24-27(47)33(53)39(59)34(54)28(24)48,25-29(49)35(55)40(60)36(56)30(25)50)26-31(51)37(57)41(61)38(58)32(26)52;1-3-5-4-2;2-1-3/h2*8-15H,1-7H3;3-5H2,1-2H3;1H2. The summed E-state index contributed by atoms with van der Waals surface area (Å²) in [5, 5.41) is -2.67. The van der Waals surface area contributed by atoms with Crippen LogP contribution in [0.1, 0.15) is 122 Å². The largest absolute Gasteiger partial charge is 0.207 e. The summed E-state index contributed by atoms with van der Waals surface area (Å²) in [5.74, 6) is -90.8. The molecule has 0 aliphatic carbocycles. The summed E-state index contributed by atoms with van der Waals surface area (Å²) in [7, 11) is -9.13. The summed E-state index contributed by atoms with van der Waals surface area (Å²) in [6.07, 6.45) is -8.04. The smallest absolute Gasteiger partial charge is 0.200 e. The van der Waals surface area contributed by atoms with Crippen molar-refractivity contribution in [1.29, 1.82) is 0 Å². The van der Waals surface area contributed by atoms with E-state index in [4.69, 9.17) is 23.2 Å². The zero-order valence-electron chi connectivity index (χ0n) is 72.2. The van der Waals surface area contributed by atoms with Crippen LogP contribution in [0.15, 0.2) is 107 Å². The number of hydrogen-bond acceptors (Lipinski definition) is 0. The van der Waals surface area contributed by atoms with E-state index >= 15 is 132 Å². The van der Waals surface area contributed by atoms with Crippen LogP contribution in [-0.2, 0) is 0 Å². The summed E-state index contributed by atoms with van der Waals surface area (Å²) >= 11 is 9.53. The van der Waals surface area contributed by atoms with Gasteiger partial charge in [0.05, 0.1) is 5.34 Å². The molecule has 0 unspecified atom stereocenters. The Morgan fingerprint density at radius 2 is 0.333 bits per heavy atom. The van der Waals surface area contributed by atoms with Crippen LogP contribution >= 0.6 is 37.7 Å². The predicted molar refractivity (Wildman–Crippen MR) is 460 cm³/mol. The Kier molecular flexibility index (Phi) is 29.2. The fraction of sp³-hybridized carbons (Fsp3) is 0.208. The molecule has 0 amide bonds. The molecule has 0 N–H and O–H groups in total. The molecule has 12 aromatic carbocycles. The lowest BCUT2D eigenvalue weighted by Gasteiger charge is -2.42. The quantitative estimate of drug-likeness (QED) is 0.0226. The SMILES string of the molecule is CCCCC.Cc1ccc(C2=C([B-](c3c(F)c(F)c(F)c(F)c3F)(c3c(F)c(F)c(F)c(F)c3F)c3c(F)c(F)c(F)c(F)c3F)[P+]2(c2c(C)cc(C)cc2C)c2c(C)cc(C)cc2C)cc1.Cc1ccc(C2=C([B-](c3c(F)c(F)c(F)c(F)c3F)(c3c(F)c(F)c(F)c(F)c3F)c3c(F)c(F)c(F)c(F)c3F)[P+]2(c2c(C)cc(C)cc2C)c2c(C)cc(C)cc2C)cc1.ClCCl. The van der Waals surface area contributed by atoms with Gasteiger partial charge in [0.2, 0.25) is 0 Å². The van der Waals surface area contributed by atoms with Gasteiger partial charge in [-0.05, 0) is 152 Å². The van der Waals surface area contributed by atoms with Gasteiger partial charge in [-0.25, -0.2) is 132 Å². The predicted octanol–water partition coefficient (Wildman–Crippen LogP) is 25.6.